The number of sulfonamides is 1. The molecule has 0 aliphatic carbocycles. The van der Waals surface area contributed by atoms with E-state index in [1.165, 1.54) is 4.31 Å². The summed E-state index contributed by atoms with van der Waals surface area (Å²) in [6, 6.07) is 4.78. The number of morpholine rings is 1. The van der Waals surface area contributed by atoms with Crippen LogP contribution in [0.4, 0.5) is 5.69 Å². The molecule has 0 saturated carbocycles. The SMILES string of the molecule is CC1CCCN(C(=O)CNc2cc(S(=O)(=O)N3CCOCC3)ccc2OC(C)C)C1. The van der Waals surface area contributed by atoms with E-state index < -0.39 is 10.0 Å². The van der Waals surface area contributed by atoms with Gasteiger partial charge in [-0.3, -0.25) is 4.79 Å². The third-order valence-corrected chi connectivity index (χ3v) is 7.26. The Bertz CT molecular complexity index is 837. The first-order chi connectivity index (χ1) is 14.3. The van der Waals surface area contributed by atoms with Crippen LogP contribution in [0.15, 0.2) is 23.1 Å². The van der Waals surface area contributed by atoms with Crippen molar-refractivity contribution in [2.24, 2.45) is 5.92 Å². The number of anilines is 1. The molecular weight excluding hydrogens is 406 g/mol. The van der Waals surface area contributed by atoms with E-state index in [2.05, 4.69) is 12.2 Å². The summed E-state index contributed by atoms with van der Waals surface area (Å²) in [6.07, 6.45) is 2.08. The summed E-state index contributed by atoms with van der Waals surface area (Å²) in [6.45, 7) is 9.05. The van der Waals surface area contributed by atoms with Gasteiger partial charge in [-0.1, -0.05) is 6.92 Å². The molecule has 168 valence electrons. The second-order valence-corrected chi connectivity index (χ2v) is 10.2. The van der Waals surface area contributed by atoms with Gasteiger partial charge in [-0.25, -0.2) is 8.42 Å². The van der Waals surface area contributed by atoms with Gasteiger partial charge in [0.1, 0.15) is 5.75 Å². The summed E-state index contributed by atoms with van der Waals surface area (Å²) in [4.78, 5) is 14.7. The molecule has 2 aliphatic rings. The fourth-order valence-corrected chi connectivity index (χ4v) is 5.23. The molecule has 1 aromatic carbocycles. The smallest absolute Gasteiger partial charge is 0.243 e. The zero-order chi connectivity index (χ0) is 21.7. The van der Waals surface area contributed by atoms with Gasteiger partial charge < -0.3 is 19.7 Å². The van der Waals surface area contributed by atoms with Crippen LogP contribution < -0.4 is 10.1 Å². The monoisotopic (exact) mass is 439 g/mol. The van der Waals surface area contributed by atoms with Crippen molar-refractivity contribution in [1.82, 2.24) is 9.21 Å². The van der Waals surface area contributed by atoms with Crippen LogP contribution in [0.5, 0.6) is 5.75 Å². The van der Waals surface area contributed by atoms with E-state index >= 15 is 0 Å². The van der Waals surface area contributed by atoms with E-state index in [9.17, 15) is 13.2 Å². The largest absolute Gasteiger partial charge is 0.489 e. The summed E-state index contributed by atoms with van der Waals surface area (Å²) in [7, 11) is -3.63. The molecule has 9 heteroatoms. The number of carbonyl (C=O) groups is 1. The van der Waals surface area contributed by atoms with E-state index in [-0.39, 0.29) is 23.5 Å². The molecular formula is C21H33N3O5S. The van der Waals surface area contributed by atoms with Gasteiger partial charge in [0, 0.05) is 26.2 Å². The van der Waals surface area contributed by atoms with Crippen molar-refractivity contribution in [3.8, 4) is 5.75 Å². The fourth-order valence-electron chi connectivity index (χ4n) is 3.80. The third kappa shape index (κ3) is 5.65. The Kier molecular flexibility index (Phi) is 7.60. The van der Waals surface area contributed by atoms with Crippen LogP contribution in [-0.4, -0.2) is 75.6 Å². The summed E-state index contributed by atoms with van der Waals surface area (Å²) in [5.41, 5.74) is 0.511. The van der Waals surface area contributed by atoms with Crippen LogP contribution in [0.25, 0.3) is 0 Å². The highest BCUT2D eigenvalue weighted by molar-refractivity contribution is 7.89. The van der Waals surface area contributed by atoms with Crippen molar-refractivity contribution in [3.63, 3.8) is 0 Å². The van der Waals surface area contributed by atoms with E-state index in [0.717, 1.165) is 25.9 Å². The number of benzene rings is 1. The second kappa shape index (κ2) is 9.98. The lowest BCUT2D eigenvalue weighted by Crippen LogP contribution is -2.42. The van der Waals surface area contributed by atoms with Gasteiger partial charge >= 0.3 is 0 Å². The highest BCUT2D eigenvalue weighted by atomic mass is 32.2. The minimum absolute atomic E-state index is 0.0125. The molecule has 1 unspecified atom stereocenters. The third-order valence-electron chi connectivity index (χ3n) is 5.36. The number of nitrogens with one attached hydrogen (secondary N) is 1. The number of ether oxygens (including phenoxy) is 2. The first-order valence-electron chi connectivity index (χ1n) is 10.7. The Hall–Kier alpha value is -1.84. The molecule has 0 spiro atoms. The molecule has 3 rings (SSSR count). The van der Waals surface area contributed by atoms with Crippen LogP contribution in [-0.2, 0) is 19.6 Å². The Morgan fingerprint density at radius 2 is 2.00 bits per heavy atom. The molecule has 2 aliphatic heterocycles. The fraction of sp³-hybridized carbons (Fsp3) is 0.667. The lowest BCUT2D eigenvalue weighted by Gasteiger charge is -2.31. The van der Waals surface area contributed by atoms with Gasteiger partial charge in [-0.05, 0) is 50.8 Å². The average molecular weight is 440 g/mol. The average Bonchev–Trinajstić information content (AvgIpc) is 2.73. The van der Waals surface area contributed by atoms with E-state index in [4.69, 9.17) is 9.47 Å². The molecule has 0 bridgehead atoms. The number of carbonyl (C=O) groups excluding carboxylic acids is 1. The Labute approximate surface area is 179 Å². The standard InChI is InChI=1S/C21H33N3O5S/c1-16(2)29-20-7-6-18(30(26,27)24-9-11-28-12-10-24)13-19(20)22-14-21(25)23-8-4-5-17(3)15-23/h6-7,13,16-17,22H,4-5,8-12,14-15H2,1-3H3. The number of nitrogens with zero attached hydrogens (tertiary/aromatic N) is 2. The first kappa shape index (κ1) is 22.8. The van der Waals surface area contributed by atoms with Crippen LogP contribution in [0.3, 0.4) is 0 Å². The van der Waals surface area contributed by atoms with Crippen LogP contribution in [0.2, 0.25) is 0 Å². The number of likely N-dealkylation sites (tertiary alicyclic amines) is 1. The molecule has 30 heavy (non-hydrogen) atoms. The van der Waals surface area contributed by atoms with E-state index in [1.54, 1.807) is 18.2 Å². The molecule has 1 atom stereocenters. The van der Waals surface area contributed by atoms with Gasteiger partial charge in [0.2, 0.25) is 15.9 Å². The zero-order valence-corrected chi connectivity index (χ0v) is 18.9. The Balaban J connectivity index is 1.78. The number of hydrogen-bond acceptors (Lipinski definition) is 6. The van der Waals surface area contributed by atoms with Crippen molar-refractivity contribution in [2.45, 2.75) is 44.6 Å². The minimum atomic E-state index is -3.63. The van der Waals surface area contributed by atoms with Gasteiger partial charge in [-0.2, -0.15) is 4.31 Å². The minimum Gasteiger partial charge on any atom is -0.489 e. The predicted molar refractivity (Wildman–Crippen MR) is 115 cm³/mol. The van der Waals surface area contributed by atoms with Crippen LogP contribution in [0, 0.1) is 5.92 Å². The lowest BCUT2D eigenvalue weighted by molar-refractivity contribution is -0.130. The van der Waals surface area contributed by atoms with Crippen molar-refractivity contribution in [1.29, 1.82) is 0 Å². The number of piperidine rings is 1. The molecule has 1 N–H and O–H groups in total. The second-order valence-electron chi connectivity index (χ2n) is 8.28. The molecule has 0 aromatic heterocycles. The Morgan fingerprint density at radius 1 is 1.27 bits per heavy atom. The Morgan fingerprint density at radius 3 is 2.67 bits per heavy atom. The molecule has 0 radical (unpaired) electrons. The summed E-state index contributed by atoms with van der Waals surface area (Å²) < 4.78 is 38.6. The first-order valence-corrected chi connectivity index (χ1v) is 12.1. The maximum absolute atomic E-state index is 13.0. The number of rotatable bonds is 7. The topological polar surface area (TPSA) is 88.2 Å². The van der Waals surface area contributed by atoms with E-state index in [1.807, 2.05) is 18.7 Å². The van der Waals surface area contributed by atoms with Crippen molar-refractivity contribution in [3.05, 3.63) is 18.2 Å². The molecule has 2 fully saturated rings. The number of hydrogen-bond donors (Lipinski definition) is 1. The summed E-state index contributed by atoms with van der Waals surface area (Å²) >= 11 is 0. The van der Waals surface area contributed by atoms with Gasteiger partial charge in [0.15, 0.2) is 0 Å². The molecule has 2 heterocycles. The maximum Gasteiger partial charge on any atom is 0.243 e. The van der Waals surface area contributed by atoms with Crippen molar-refractivity contribution in [2.75, 3.05) is 51.3 Å². The van der Waals surface area contributed by atoms with Gasteiger partial charge in [0.05, 0.1) is 36.4 Å². The quantitative estimate of drug-likeness (QED) is 0.701. The molecule has 2 saturated heterocycles. The summed E-state index contributed by atoms with van der Waals surface area (Å²) in [5, 5.41) is 3.12. The molecule has 1 amide bonds. The highest BCUT2D eigenvalue weighted by Gasteiger charge is 2.27. The predicted octanol–water partition coefficient (Wildman–Crippen LogP) is 2.17. The summed E-state index contributed by atoms with van der Waals surface area (Å²) in [5.74, 6) is 1.05. The number of amides is 1. The lowest BCUT2D eigenvalue weighted by atomic mass is 10.0. The molecule has 8 nitrogen and oxygen atoms in total. The van der Waals surface area contributed by atoms with Gasteiger partial charge in [-0.15, -0.1) is 0 Å². The van der Waals surface area contributed by atoms with Crippen molar-refractivity contribution < 1.29 is 22.7 Å². The van der Waals surface area contributed by atoms with Gasteiger partial charge in [0.25, 0.3) is 0 Å². The highest BCUT2D eigenvalue weighted by Crippen LogP contribution is 2.30. The normalized spacial score (nSPS) is 20.9. The van der Waals surface area contributed by atoms with Crippen LogP contribution in [0.1, 0.15) is 33.6 Å². The maximum atomic E-state index is 13.0. The zero-order valence-electron chi connectivity index (χ0n) is 18.1. The van der Waals surface area contributed by atoms with Crippen LogP contribution >= 0.6 is 0 Å². The van der Waals surface area contributed by atoms with Crippen molar-refractivity contribution >= 4 is 21.6 Å². The molecule has 1 aromatic rings. The van der Waals surface area contributed by atoms with E-state index in [0.29, 0.717) is 43.7 Å².